The van der Waals surface area contributed by atoms with Crippen molar-refractivity contribution in [3.05, 3.63) is 0 Å². The maximum absolute atomic E-state index is 11.7. The summed E-state index contributed by atoms with van der Waals surface area (Å²) < 4.78 is 10.7. The molecule has 0 aliphatic carbocycles. The summed E-state index contributed by atoms with van der Waals surface area (Å²) in [7, 11) is 0. The van der Waals surface area contributed by atoms with Gasteiger partial charge < -0.3 is 14.8 Å². The van der Waals surface area contributed by atoms with Gasteiger partial charge >= 0.3 is 5.97 Å². The van der Waals surface area contributed by atoms with Crippen LogP contribution < -0.4 is 5.32 Å². The summed E-state index contributed by atoms with van der Waals surface area (Å²) in [6, 6.07) is -0.246. The number of hydrogen-bond donors (Lipinski definition) is 1. The van der Waals surface area contributed by atoms with E-state index < -0.39 is 0 Å². The van der Waals surface area contributed by atoms with E-state index in [0.717, 1.165) is 13.0 Å². The summed E-state index contributed by atoms with van der Waals surface area (Å²) in [6.45, 7) is 12.0. The zero-order valence-electron chi connectivity index (χ0n) is 12.5. The molecule has 0 heterocycles. The predicted molar refractivity (Wildman–Crippen MR) is 73.6 cm³/mol. The molecule has 0 radical (unpaired) electrons. The molecule has 2 unspecified atom stereocenters. The lowest BCUT2D eigenvalue weighted by Crippen LogP contribution is -2.39. The van der Waals surface area contributed by atoms with Crippen LogP contribution in [0.25, 0.3) is 0 Å². The molecule has 0 rings (SSSR count). The van der Waals surface area contributed by atoms with Crippen molar-refractivity contribution in [2.75, 3.05) is 19.8 Å². The fourth-order valence-corrected chi connectivity index (χ4v) is 1.43. The van der Waals surface area contributed by atoms with Crippen molar-refractivity contribution in [3.8, 4) is 0 Å². The Morgan fingerprint density at radius 1 is 1.22 bits per heavy atom. The average Bonchev–Trinajstić information content (AvgIpc) is 2.33. The smallest absolute Gasteiger partial charge is 0.323 e. The first-order valence-electron chi connectivity index (χ1n) is 7.04. The van der Waals surface area contributed by atoms with Gasteiger partial charge in [0.2, 0.25) is 0 Å². The van der Waals surface area contributed by atoms with Crippen LogP contribution in [0.5, 0.6) is 0 Å². The van der Waals surface area contributed by atoms with E-state index in [-0.39, 0.29) is 18.1 Å². The van der Waals surface area contributed by atoms with E-state index >= 15 is 0 Å². The quantitative estimate of drug-likeness (QED) is 0.612. The van der Waals surface area contributed by atoms with Crippen LogP contribution in [0.2, 0.25) is 0 Å². The third-order valence-corrected chi connectivity index (χ3v) is 2.94. The van der Waals surface area contributed by atoms with E-state index in [1.807, 2.05) is 6.92 Å². The molecule has 0 spiro atoms. The molecule has 0 saturated heterocycles. The van der Waals surface area contributed by atoms with Crippen LogP contribution in [-0.4, -0.2) is 37.9 Å². The highest BCUT2D eigenvalue weighted by Gasteiger charge is 2.19. The third kappa shape index (κ3) is 7.67. The van der Waals surface area contributed by atoms with Crippen LogP contribution in [-0.2, 0) is 14.3 Å². The number of carbonyl (C=O) groups excluding carboxylic acids is 1. The van der Waals surface area contributed by atoms with Gasteiger partial charge in [-0.05, 0) is 39.2 Å². The van der Waals surface area contributed by atoms with Crippen LogP contribution >= 0.6 is 0 Å². The van der Waals surface area contributed by atoms with E-state index in [2.05, 4.69) is 33.0 Å². The van der Waals surface area contributed by atoms with Gasteiger partial charge in [-0.15, -0.1) is 0 Å². The molecule has 2 atom stereocenters. The highest BCUT2D eigenvalue weighted by atomic mass is 16.5. The summed E-state index contributed by atoms with van der Waals surface area (Å²) >= 11 is 0. The predicted octanol–water partition coefficient (Wildman–Crippen LogP) is 2.37. The van der Waals surface area contributed by atoms with Crippen molar-refractivity contribution in [2.24, 2.45) is 5.92 Å². The summed E-state index contributed by atoms with van der Waals surface area (Å²) in [5, 5.41) is 3.20. The standard InChI is InChI=1S/C14H29NO3/c1-6-9-15-13(14(16)17-7-2)8-10-18-12(5)11(3)4/h11-13,15H,6-10H2,1-5H3. The zero-order valence-corrected chi connectivity index (χ0v) is 12.5. The Labute approximate surface area is 111 Å². The van der Waals surface area contributed by atoms with Crippen LogP contribution in [0, 0.1) is 5.92 Å². The molecular weight excluding hydrogens is 230 g/mol. The molecule has 0 amide bonds. The molecule has 0 saturated carbocycles. The van der Waals surface area contributed by atoms with Gasteiger partial charge in [0.05, 0.1) is 12.7 Å². The Morgan fingerprint density at radius 3 is 2.39 bits per heavy atom. The van der Waals surface area contributed by atoms with Gasteiger partial charge in [-0.3, -0.25) is 4.79 Å². The molecule has 0 aliphatic rings. The molecule has 0 aliphatic heterocycles. The fourth-order valence-electron chi connectivity index (χ4n) is 1.43. The lowest BCUT2D eigenvalue weighted by atomic mass is 10.1. The molecule has 0 aromatic carbocycles. The van der Waals surface area contributed by atoms with Gasteiger partial charge in [0, 0.05) is 6.61 Å². The summed E-state index contributed by atoms with van der Waals surface area (Å²) in [4.78, 5) is 11.7. The number of rotatable bonds is 10. The van der Waals surface area contributed by atoms with Gasteiger partial charge in [0.1, 0.15) is 6.04 Å². The Hall–Kier alpha value is -0.610. The van der Waals surface area contributed by atoms with Crippen molar-refractivity contribution in [2.45, 2.75) is 59.6 Å². The zero-order chi connectivity index (χ0) is 14.0. The first-order chi connectivity index (χ1) is 8.52. The minimum atomic E-state index is -0.246. The molecule has 4 nitrogen and oxygen atoms in total. The Kier molecular flexibility index (Phi) is 9.98. The second-order valence-electron chi connectivity index (χ2n) is 4.87. The van der Waals surface area contributed by atoms with Crippen molar-refractivity contribution in [1.82, 2.24) is 5.32 Å². The Bertz CT molecular complexity index is 219. The molecule has 4 heteroatoms. The Balaban J connectivity index is 4.03. The number of ether oxygens (including phenoxy) is 2. The second kappa shape index (κ2) is 10.3. The molecule has 1 N–H and O–H groups in total. The van der Waals surface area contributed by atoms with Crippen LogP contribution in [0.15, 0.2) is 0 Å². The minimum absolute atomic E-state index is 0.174. The molecule has 108 valence electrons. The molecule has 0 bridgehead atoms. The monoisotopic (exact) mass is 259 g/mol. The minimum Gasteiger partial charge on any atom is -0.465 e. The number of nitrogens with one attached hydrogen (secondary N) is 1. The van der Waals surface area contributed by atoms with Crippen LogP contribution in [0.1, 0.15) is 47.5 Å². The number of hydrogen-bond acceptors (Lipinski definition) is 4. The Morgan fingerprint density at radius 2 is 1.89 bits per heavy atom. The lowest BCUT2D eigenvalue weighted by molar-refractivity contribution is -0.146. The van der Waals surface area contributed by atoms with Gasteiger partial charge in [-0.25, -0.2) is 0 Å². The van der Waals surface area contributed by atoms with Crippen molar-refractivity contribution < 1.29 is 14.3 Å². The van der Waals surface area contributed by atoms with E-state index in [1.165, 1.54) is 0 Å². The largest absolute Gasteiger partial charge is 0.465 e. The molecule has 18 heavy (non-hydrogen) atoms. The molecule has 0 aromatic heterocycles. The van der Waals surface area contributed by atoms with Crippen molar-refractivity contribution in [1.29, 1.82) is 0 Å². The van der Waals surface area contributed by atoms with E-state index in [0.29, 0.717) is 25.6 Å². The maximum atomic E-state index is 11.7. The highest BCUT2D eigenvalue weighted by Crippen LogP contribution is 2.07. The summed E-state index contributed by atoms with van der Waals surface area (Å²) in [5.74, 6) is 0.321. The van der Waals surface area contributed by atoms with Crippen LogP contribution in [0.4, 0.5) is 0 Å². The SMILES string of the molecule is CCCNC(CCOC(C)C(C)C)C(=O)OCC. The average molecular weight is 259 g/mol. The second-order valence-corrected chi connectivity index (χ2v) is 4.87. The maximum Gasteiger partial charge on any atom is 0.323 e. The molecular formula is C14H29NO3. The van der Waals surface area contributed by atoms with E-state index in [1.54, 1.807) is 0 Å². The number of carbonyl (C=O) groups is 1. The third-order valence-electron chi connectivity index (χ3n) is 2.94. The van der Waals surface area contributed by atoms with Gasteiger partial charge in [0.15, 0.2) is 0 Å². The fraction of sp³-hybridized carbons (Fsp3) is 0.929. The van der Waals surface area contributed by atoms with Gasteiger partial charge in [-0.1, -0.05) is 20.8 Å². The molecule has 0 aromatic rings. The topological polar surface area (TPSA) is 47.6 Å². The first-order valence-corrected chi connectivity index (χ1v) is 7.04. The van der Waals surface area contributed by atoms with E-state index in [9.17, 15) is 4.79 Å². The van der Waals surface area contributed by atoms with Crippen molar-refractivity contribution >= 4 is 5.97 Å². The lowest BCUT2D eigenvalue weighted by Gasteiger charge is -2.20. The first kappa shape index (κ1) is 17.4. The van der Waals surface area contributed by atoms with Gasteiger partial charge in [-0.2, -0.15) is 0 Å². The van der Waals surface area contributed by atoms with Crippen molar-refractivity contribution in [3.63, 3.8) is 0 Å². The van der Waals surface area contributed by atoms with E-state index in [4.69, 9.17) is 9.47 Å². The molecule has 0 fully saturated rings. The summed E-state index contributed by atoms with van der Waals surface area (Å²) in [6.07, 6.45) is 1.88. The van der Waals surface area contributed by atoms with Crippen LogP contribution in [0.3, 0.4) is 0 Å². The highest BCUT2D eigenvalue weighted by molar-refractivity contribution is 5.75. The number of esters is 1. The summed E-state index contributed by atoms with van der Waals surface area (Å²) in [5.41, 5.74) is 0. The normalized spacial score (nSPS) is 14.6. The van der Waals surface area contributed by atoms with Gasteiger partial charge in [0.25, 0.3) is 0 Å².